The molecule has 0 heterocycles. The second-order valence-corrected chi connectivity index (χ2v) is 22.7. The van der Waals surface area contributed by atoms with Gasteiger partial charge in [-0.1, -0.05) is 299 Å². The first kappa shape index (κ1) is 73.5. The van der Waals surface area contributed by atoms with Crippen LogP contribution in [0.5, 0.6) is 0 Å². The lowest BCUT2D eigenvalue weighted by Gasteiger charge is -2.19. The van der Waals surface area contributed by atoms with E-state index in [0.29, 0.717) is 6.42 Å². The SMILES string of the molecule is CC/C=C\C/C=C\C/C=C\C/C=C\C/C=C\C/C=C\CCCCCCCCCCCCCCCCCCC(=O)OC(COC(=O)CCCCCCCCCCCCCCCCCCCCCC)COP(=O)(O)OCCN. The molecule has 0 aromatic carbocycles. The predicted octanol–water partition coefficient (Wildman–Crippen LogP) is 20.5. The van der Waals surface area contributed by atoms with Gasteiger partial charge < -0.3 is 20.1 Å². The lowest BCUT2D eigenvalue weighted by atomic mass is 10.0. The number of nitrogens with two attached hydrogens (primary N) is 1. The summed E-state index contributed by atoms with van der Waals surface area (Å²) in [6.45, 7) is 3.68. The molecule has 0 radical (unpaired) electrons. The van der Waals surface area contributed by atoms with Gasteiger partial charge in [-0.05, 0) is 64.2 Å². The third-order valence-electron chi connectivity index (χ3n) is 13.9. The number of phosphoric acid groups is 1. The Morgan fingerprint density at radius 2 is 0.724 bits per heavy atom. The third kappa shape index (κ3) is 60.7. The summed E-state index contributed by atoms with van der Waals surface area (Å²) < 4.78 is 33.1. The van der Waals surface area contributed by atoms with Crippen LogP contribution in [0.25, 0.3) is 0 Å². The molecule has 2 atom stereocenters. The van der Waals surface area contributed by atoms with E-state index in [9.17, 15) is 19.0 Å². The second-order valence-electron chi connectivity index (χ2n) is 21.3. The van der Waals surface area contributed by atoms with E-state index >= 15 is 0 Å². The van der Waals surface area contributed by atoms with Crippen LogP contribution in [0.2, 0.25) is 0 Å². The molecule has 0 aliphatic rings. The fourth-order valence-corrected chi connectivity index (χ4v) is 9.94. The first-order valence-corrected chi connectivity index (χ1v) is 33.4. The van der Waals surface area contributed by atoms with Crippen molar-refractivity contribution >= 4 is 19.8 Å². The molecule has 0 aliphatic carbocycles. The summed E-state index contributed by atoms with van der Waals surface area (Å²) in [5.41, 5.74) is 5.39. The van der Waals surface area contributed by atoms with E-state index in [1.54, 1.807) is 0 Å². The van der Waals surface area contributed by atoms with Gasteiger partial charge in [-0.15, -0.1) is 0 Å². The Kier molecular flexibility index (Phi) is 59.6. The smallest absolute Gasteiger partial charge is 0.462 e. The third-order valence-corrected chi connectivity index (χ3v) is 14.8. The zero-order valence-electron chi connectivity index (χ0n) is 49.5. The number of rotatable bonds is 60. The topological polar surface area (TPSA) is 134 Å². The molecule has 0 spiro atoms. The van der Waals surface area contributed by atoms with E-state index in [-0.39, 0.29) is 38.6 Å². The molecule has 0 saturated carbocycles. The van der Waals surface area contributed by atoms with Crippen LogP contribution >= 0.6 is 7.82 Å². The van der Waals surface area contributed by atoms with Crippen LogP contribution < -0.4 is 5.73 Å². The molecular formula is C66H120NO8P. The van der Waals surface area contributed by atoms with Gasteiger partial charge in [0.2, 0.25) is 0 Å². The van der Waals surface area contributed by atoms with Crippen LogP contribution in [0.1, 0.15) is 303 Å². The first-order valence-electron chi connectivity index (χ1n) is 31.9. The molecule has 0 fully saturated rings. The monoisotopic (exact) mass is 1090 g/mol. The zero-order valence-corrected chi connectivity index (χ0v) is 50.4. The maximum Gasteiger partial charge on any atom is 0.472 e. The number of esters is 2. The quantitative estimate of drug-likeness (QED) is 0.0264. The van der Waals surface area contributed by atoms with Gasteiger partial charge in [0.15, 0.2) is 6.10 Å². The molecule has 9 nitrogen and oxygen atoms in total. The van der Waals surface area contributed by atoms with Crippen LogP contribution in [0.15, 0.2) is 72.9 Å². The maximum absolute atomic E-state index is 12.7. The minimum Gasteiger partial charge on any atom is -0.462 e. The summed E-state index contributed by atoms with van der Waals surface area (Å²) in [6.07, 6.45) is 79.7. The summed E-state index contributed by atoms with van der Waals surface area (Å²) in [5, 5.41) is 0. The average molecular weight is 1090 g/mol. The largest absolute Gasteiger partial charge is 0.472 e. The summed E-state index contributed by atoms with van der Waals surface area (Å²) in [5.74, 6) is -0.813. The Morgan fingerprint density at radius 1 is 0.408 bits per heavy atom. The number of allylic oxidation sites excluding steroid dienone is 12. The highest BCUT2D eigenvalue weighted by Gasteiger charge is 2.26. The number of phosphoric ester groups is 1. The molecule has 76 heavy (non-hydrogen) atoms. The van der Waals surface area contributed by atoms with E-state index in [1.165, 1.54) is 193 Å². The predicted molar refractivity (Wildman–Crippen MR) is 326 cm³/mol. The lowest BCUT2D eigenvalue weighted by Crippen LogP contribution is -2.29. The minimum absolute atomic E-state index is 0.0538. The van der Waals surface area contributed by atoms with Gasteiger partial charge in [0.25, 0.3) is 0 Å². The Bertz CT molecular complexity index is 1470. The number of ether oxygens (including phenoxy) is 2. The van der Waals surface area contributed by atoms with Gasteiger partial charge in [-0.3, -0.25) is 18.6 Å². The fourth-order valence-electron chi connectivity index (χ4n) is 9.17. The van der Waals surface area contributed by atoms with Gasteiger partial charge in [-0.25, -0.2) is 4.57 Å². The lowest BCUT2D eigenvalue weighted by molar-refractivity contribution is -0.161. The molecule has 0 aromatic heterocycles. The highest BCUT2D eigenvalue weighted by molar-refractivity contribution is 7.47. The number of carbonyl (C=O) groups is 2. The molecule has 2 unspecified atom stereocenters. The van der Waals surface area contributed by atoms with E-state index < -0.39 is 26.5 Å². The molecule has 0 amide bonds. The maximum atomic E-state index is 12.7. The van der Waals surface area contributed by atoms with E-state index in [4.69, 9.17) is 24.3 Å². The summed E-state index contributed by atoms with van der Waals surface area (Å²) in [7, 11) is -4.39. The molecule has 0 aliphatic heterocycles. The van der Waals surface area contributed by atoms with Crippen molar-refractivity contribution in [1.29, 1.82) is 0 Å². The van der Waals surface area contributed by atoms with Crippen LogP contribution in [-0.2, 0) is 32.7 Å². The Morgan fingerprint density at radius 3 is 1.08 bits per heavy atom. The van der Waals surface area contributed by atoms with Crippen molar-refractivity contribution in [3.05, 3.63) is 72.9 Å². The molecule has 0 saturated heterocycles. The highest BCUT2D eigenvalue weighted by atomic mass is 31.2. The standard InChI is InChI=1S/C66H120NO8P/c1-3-5-7-9-11-13-15-17-19-21-23-25-26-27-28-29-30-31-32-33-34-35-36-37-38-39-41-43-45-47-49-51-53-55-57-59-66(69)75-64(63-74-76(70,71)73-61-60-67)62-72-65(68)58-56-54-52-50-48-46-44-42-40-24-22-20-18-16-14-12-10-8-6-4-2/h5,7,11,13,17,19,23,25,27-28,30-31,64H,3-4,6,8-10,12,14-16,18,20-22,24,26,29,32-63,67H2,1-2H3,(H,70,71)/b7-5-,13-11-,19-17-,25-23-,28-27-,31-30-. The fraction of sp³-hybridized carbons (Fsp3) is 0.788. The van der Waals surface area contributed by atoms with Gasteiger partial charge in [0.05, 0.1) is 13.2 Å². The van der Waals surface area contributed by atoms with E-state index in [1.807, 2.05) is 0 Å². The second kappa shape index (κ2) is 61.7. The van der Waals surface area contributed by atoms with Crippen LogP contribution in [-0.4, -0.2) is 49.3 Å². The number of hydrogen-bond acceptors (Lipinski definition) is 8. The first-order chi connectivity index (χ1) is 37.3. The normalized spacial score (nSPS) is 13.5. The summed E-state index contributed by atoms with van der Waals surface area (Å²) in [4.78, 5) is 35.3. The van der Waals surface area contributed by atoms with E-state index in [2.05, 4.69) is 86.8 Å². The number of hydrogen-bond donors (Lipinski definition) is 2. The molecule has 10 heteroatoms. The number of unbranched alkanes of at least 4 members (excludes halogenated alkanes) is 35. The molecular weight excluding hydrogens is 966 g/mol. The van der Waals surface area contributed by atoms with Crippen molar-refractivity contribution in [2.45, 2.75) is 309 Å². The Labute approximate surface area is 469 Å². The highest BCUT2D eigenvalue weighted by Crippen LogP contribution is 2.43. The molecule has 0 bridgehead atoms. The summed E-state index contributed by atoms with van der Waals surface area (Å²) >= 11 is 0. The zero-order chi connectivity index (χ0) is 55.2. The van der Waals surface area contributed by atoms with Gasteiger partial charge >= 0.3 is 19.8 Å². The van der Waals surface area contributed by atoms with Crippen molar-refractivity contribution in [3.8, 4) is 0 Å². The van der Waals surface area contributed by atoms with Crippen LogP contribution in [0.4, 0.5) is 0 Å². The summed E-state index contributed by atoms with van der Waals surface area (Å²) in [6, 6.07) is 0. The van der Waals surface area contributed by atoms with Gasteiger partial charge in [-0.2, -0.15) is 0 Å². The molecule has 0 aromatic rings. The van der Waals surface area contributed by atoms with Crippen molar-refractivity contribution < 1.29 is 37.6 Å². The Balaban J connectivity index is 3.88. The van der Waals surface area contributed by atoms with Crippen molar-refractivity contribution in [1.82, 2.24) is 0 Å². The van der Waals surface area contributed by atoms with Gasteiger partial charge in [0, 0.05) is 19.4 Å². The van der Waals surface area contributed by atoms with E-state index in [0.717, 1.165) is 77.0 Å². The molecule has 0 rings (SSSR count). The molecule has 3 N–H and O–H groups in total. The minimum atomic E-state index is -4.39. The molecule has 442 valence electrons. The Hall–Kier alpha value is -2.55. The van der Waals surface area contributed by atoms with Crippen molar-refractivity contribution in [3.63, 3.8) is 0 Å². The number of carbonyl (C=O) groups excluding carboxylic acids is 2. The van der Waals surface area contributed by atoms with Crippen LogP contribution in [0, 0.1) is 0 Å². The van der Waals surface area contributed by atoms with Crippen LogP contribution in [0.3, 0.4) is 0 Å². The van der Waals surface area contributed by atoms with Crippen molar-refractivity contribution in [2.24, 2.45) is 5.73 Å². The van der Waals surface area contributed by atoms with Crippen molar-refractivity contribution in [2.75, 3.05) is 26.4 Å². The average Bonchev–Trinajstić information content (AvgIpc) is 3.41. The van der Waals surface area contributed by atoms with Gasteiger partial charge in [0.1, 0.15) is 6.61 Å².